The molecule has 0 heterocycles. The minimum Gasteiger partial charge on any atom is -0.466 e. The van der Waals surface area contributed by atoms with Gasteiger partial charge in [0.2, 0.25) is 0 Å². The van der Waals surface area contributed by atoms with E-state index < -0.39 is 0 Å². The Hall–Kier alpha value is -1.06. The fourth-order valence-corrected chi connectivity index (χ4v) is 1.66. The molecule has 0 N–H and O–H groups in total. The SMILES string of the molecule is CCCCCCCOC(=O)CCCOC(=O)C(C)CC. The molecule has 20 heavy (non-hydrogen) atoms. The fraction of sp³-hybridized carbons (Fsp3) is 0.875. The second-order valence-corrected chi connectivity index (χ2v) is 5.22. The van der Waals surface area contributed by atoms with Gasteiger partial charge >= 0.3 is 11.9 Å². The normalized spacial score (nSPS) is 11.9. The largest absolute Gasteiger partial charge is 0.466 e. The molecule has 0 spiro atoms. The molecular formula is C16H30O4. The lowest BCUT2D eigenvalue weighted by Crippen LogP contribution is -2.15. The Bertz CT molecular complexity index is 263. The zero-order chi connectivity index (χ0) is 15.2. The van der Waals surface area contributed by atoms with Crippen molar-refractivity contribution in [3.05, 3.63) is 0 Å². The molecule has 0 aromatic heterocycles. The standard InChI is InChI=1S/C16H30O4/c1-4-6-7-8-9-12-19-15(17)11-10-13-20-16(18)14(3)5-2/h14H,4-13H2,1-3H3. The third-order valence-electron chi connectivity index (χ3n) is 3.30. The zero-order valence-electron chi connectivity index (χ0n) is 13.3. The molecular weight excluding hydrogens is 256 g/mol. The van der Waals surface area contributed by atoms with Crippen LogP contribution in [-0.4, -0.2) is 25.2 Å². The van der Waals surface area contributed by atoms with Gasteiger partial charge in [0.05, 0.1) is 19.1 Å². The van der Waals surface area contributed by atoms with E-state index in [1.165, 1.54) is 19.3 Å². The van der Waals surface area contributed by atoms with Crippen molar-refractivity contribution in [2.24, 2.45) is 5.92 Å². The van der Waals surface area contributed by atoms with Crippen molar-refractivity contribution >= 4 is 11.9 Å². The third-order valence-corrected chi connectivity index (χ3v) is 3.30. The van der Waals surface area contributed by atoms with Crippen LogP contribution in [0.5, 0.6) is 0 Å². The Morgan fingerprint density at radius 1 is 0.900 bits per heavy atom. The first-order valence-corrected chi connectivity index (χ1v) is 7.94. The lowest BCUT2D eigenvalue weighted by atomic mass is 10.1. The topological polar surface area (TPSA) is 52.6 Å². The number of hydrogen-bond donors (Lipinski definition) is 0. The van der Waals surface area contributed by atoms with Gasteiger partial charge in [-0.05, 0) is 19.3 Å². The predicted octanol–water partition coefficient (Wildman–Crippen LogP) is 3.87. The summed E-state index contributed by atoms with van der Waals surface area (Å²) in [7, 11) is 0. The molecule has 4 nitrogen and oxygen atoms in total. The van der Waals surface area contributed by atoms with Crippen molar-refractivity contribution in [2.75, 3.05) is 13.2 Å². The Kier molecular flexibility index (Phi) is 12.3. The molecule has 0 aliphatic heterocycles. The molecule has 1 unspecified atom stereocenters. The summed E-state index contributed by atoms with van der Waals surface area (Å²) < 4.78 is 10.2. The molecule has 0 bridgehead atoms. The summed E-state index contributed by atoms with van der Waals surface area (Å²) in [5.41, 5.74) is 0. The lowest BCUT2D eigenvalue weighted by molar-refractivity contribution is -0.150. The first-order chi connectivity index (χ1) is 9.61. The van der Waals surface area contributed by atoms with Gasteiger partial charge in [0.1, 0.15) is 0 Å². The van der Waals surface area contributed by atoms with Crippen molar-refractivity contribution in [1.29, 1.82) is 0 Å². The maximum atomic E-state index is 11.4. The van der Waals surface area contributed by atoms with Gasteiger partial charge in [0.25, 0.3) is 0 Å². The van der Waals surface area contributed by atoms with Crippen LogP contribution in [0, 0.1) is 5.92 Å². The second kappa shape index (κ2) is 12.9. The van der Waals surface area contributed by atoms with Crippen molar-refractivity contribution in [3.8, 4) is 0 Å². The van der Waals surface area contributed by atoms with Crippen molar-refractivity contribution in [2.45, 2.75) is 72.1 Å². The van der Waals surface area contributed by atoms with Crippen LogP contribution in [0.4, 0.5) is 0 Å². The summed E-state index contributed by atoms with van der Waals surface area (Å²) in [4.78, 5) is 22.8. The average molecular weight is 286 g/mol. The summed E-state index contributed by atoms with van der Waals surface area (Å²) in [6.45, 7) is 6.77. The number of esters is 2. The molecule has 0 aliphatic carbocycles. The highest BCUT2D eigenvalue weighted by Gasteiger charge is 2.11. The van der Waals surface area contributed by atoms with Gasteiger partial charge in [-0.2, -0.15) is 0 Å². The second-order valence-electron chi connectivity index (χ2n) is 5.22. The minimum absolute atomic E-state index is 0.0647. The number of carbonyl (C=O) groups is 2. The summed E-state index contributed by atoms with van der Waals surface area (Å²) >= 11 is 0. The summed E-state index contributed by atoms with van der Waals surface area (Å²) in [6.07, 6.45) is 7.37. The molecule has 0 amide bonds. The zero-order valence-corrected chi connectivity index (χ0v) is 13.3. The highest BCUT2D eigenvalue weighted by atomic mass is 16.5. The smallest absolute Gasteiger partial charge is 0.308 e. The highest BCUT2D eigenvalue weighted by molar-refractivity contribution is 5.72. The monoisotopic (exact) mass is 286 g/mol. The van der Waals surface area contributed by atoms with Gasteiger partial charge in [-0.1, -0.05) is 46.5 Å². The van der Waals surface area contributed by atoms with Crippen LogP contribution in [0.3, 0.4) is 0 Å². The Morgan fingerprint density at radius 2 is 1.55 bits per heavy atom. The average Bonchev–Trinajstić information content (AvgIpc) is 2.46. The van der Waals surface area contributed by atoms with Gasteiger partial charge in [0.15, 0.2) is 0 Å². The van der Waals surface area contributed by atoms with Crippen molar-refractivity contribution in [1.82, 2.24) is 0 Å². The Balaban J connectivity index is 3.39. The first kappa shape index (κ1) is 18.9. The number of rotatable bonds is 12. The van der Waals surface area contributed by atoms with E-state index in [2.05, 4.69) is 6.92 Å². The molecule has 0 aliphatic rings. The molecule has 0 saturated heterocycles. The van der Waals surface area contributed by atoms with Crippen LogP contribution in [0.25, 0.3) is 0 Å². The number of hydrogen-bond acceptors (Lipinski definition) is 4. The molecule has 0 radical (unpaired) electrons. The van der Waals surface area contributed by atoms with E-state index >= 15 is 0 Å². The van der Waals surface area contributed by atoms with Crippen LogP contribution >= 0.6 is 0 Å². The number of unbranched alkanes of at least 4 members (excludes halogenated alkanes) is 4. The molecule has 0 saturated carbocycles. The minimum atomic E-state index is -0.194. The van der Waals surface area contributed by atoms with E-state index in [-0.39, 0.29) is 17.9 Å². The van der Waals surface area contributed by atoms with E-state index in [0.29, 0.717) is 26.1 Å². The van der Waals surface area contributed by atoms with E-state index in [0.717, 1.165) is 19.3 Å². The van der Waals surface area contributed by atoms with Crippen LogP contribution in [0.2, 0.25) is 0 Å². The van der Waals surface area contributed by atoms with E-state index in [1.54, 1.807) is 0 Å². The van der Waals surface area contributed by atoms with Gasteiger partial charge < -0.3 is 9.47 Å². The van der Waals surface area contributed by atoms with Crippen LogP contribution in [0.1, 0.15) is 72.1 Å². The predicted molar refractivity (Wildman–Crippen MR) is 79.4 cm³/mol. The molecule has 0 aromatic carbocycles. The highest BCUT2D eigenvalue weighted by Crippen LogP contribution is 2.05. The van der Waals surface area contributed by atoms with Gasteiger partial charge in [0, 0.05) is 6.42 Å². The summed E-state index contributed by atoms with van der Waals surface area (Å²) in [6, 6.07) is 0. The quantitative estimate of drug-likeness (QED) is 0.404. The van der Waals surface area contributed by atoms with Crippen LogP contribution in [-0.2, 0) is 19.1 Å². The first-order valence-electron chi connectivity index (χ1n) is 7.94. The maximum Gasteiger partial charge on any atom is 0.308 e. The molecule has 0 aromatic rings. The van der Waals surface area contributed by atoms with E-state index in [4.69, 9.17) is 9.47 Å². The maximum absolute atomic E-state index is 11.4. The molecule has 1 atom stereocenters. The van der Waals surface area contributed by atoms with E-state index in [1.807, 2.05) is 13.8 Å². The van der Waals surface area contributed by atoms with Gasteiger partial charge in [-0.25, -0.2) is 0 Å². The Labute approximate surface area is 123 Å². The van der Waals surface area contributed by atoms with E-state index in [9.17, 15) is 9.59 Å². The molecule has 118 valence electrons. The van der Waals surface area contributed by atoms with Crippen LogP contribution in [0.15, 0.2) is 0 Å². The molecule has 0 fully saturated rings. The van der Waals surface area contributed by atoms with Gasteiger partial charge in [-0.15, -0.1) is 0 Å². The van der Waals surface area contributed by atoms with Crippen molar-refractivity contribution in [3.63, 3.8) is 0 Å². The van der Waals surface area contributed by atoms with Gasteiger partial charge in [-0.3, -0.25) is 9.59 Å². The molecule has 4 heteroatoms. The Morgan fingerprint density at radius 3 is 2.20 bits per heavy atom. The summed E-state index contributed by atoms with van der Waals surface area (Å²) in [5.74, 6) is -0.443. The number of carbonyl (C=O) groups excluding carboxylic acids is 2. The fourth-order valence-electron chi connectivity index (χ4n) is 1.66. The lowest BCUT2D eigenvalue weighted by Gasteiger charge is -2.09. The van der Waals surface area contributed by atoms with Crippen molar-refractivity contribution < 1.29 is 19.1 Å². The van der Waals surface area contributed by atoms with Crippen LogP contribution < -0.4 is 0 Å². The summed E-state index contributed by atoms with van der Waals surface area (Å²) in [5, 5.41) is 0. The number of ether oxygens (including phenoxy) is 2. The third kappa shape index (κ3) is 10.8. The molecule has 0 rings (SSSR count).